The van der Waals surface area contributed by atoms with Crippen LogP contribution in [0.4, 0.5) is 5.69 Å². The van der Waals surface area contributed by atoms with Crippen molar-refractivity contribution in [3.05, 3.63) is 113 Å². The number of anilines is 1. The number of fused-ring (bicyclic) bond motifs is 1. The Kier molecular flexibility index (Phi) is 6.99. The molecule has 0 radical (unpaired) electrons. The van der Waals surface area contributed by atoms with E-state index in [0.29, 0.717) is 12.1 Å². The predicted octanol–water partition coefficient (Wildman–Crippen LogP) is 6.01. The number of allylic oxidation sites excluding steroid dienone is 2. The van der Waals surface area contributed by atoms with E-state index in [0.717, 1.165) is 55.5 Å². The first-order valence-electron chi connectivity index (χ1n) is 12.5. The molecule has 0 bridgehead atoms. The zero-order chi connectivity index (χ0) is 24.9. The molecule has 182 valence electrons. The van der Waals surface area contributed by atoms with Crippen LogP contribution in [-0.2, 0) is 13.0 Å². The molecule has 1 amide bonds. The van der Waals surface area contributed by atoms with Gasteiger partial charge < -0.3 is 15.3 Å². The first-order valence-corrected chi connectivity index (χ1v) is 12.5. The third-order valence-corrected chi connectivity index (χ3v) is 6.90. The highest BCUT2D eigenvalue weighted by atomic mass is 16.4. The van der Waals surface area contributed by atoms with Gasteiger partial charge >= 0.3 is 5.97 Å². The second kappa shape index (κ2) is 10.6. The van der Waals surface area contributed by atoms with Gasteiger partial charge in [0.2, 0.25) is 0 Å². The molecule has 3 aromatic carbocycles. The number of carbonyl (C=O) groups is 2. The lowest BCUT2D eigenvalue weighted by atomic mass is 9.95. The molecule has 0 unspecified atom stereocenters. The van der Waals surface area contributed by atoms with E-state index in [1.807, 2.05) is 36.4 Å². The van der Waals surface area contributed by atoms with Gasteiger partial charge in [0.1, 0.15) is 0 Å². The molecule has 0 aromatic heterocycles. The van der Waals surface area contributed by atoms with Crippen LogP contribution in [0.15, 0.2) is 90.5 Å². The third-order valence-electron chi connectivity index (χ3n) is 6.90. The lowest BCUT2D eigenvalue weighted by Gasteiger charge is -2.32. The molecule has 2 aliphatic rings. The highest BCUT2D eigenvalue weighted by Gasteiger charge is 2.20. The number of aryl methyl sites for hydroxylation is 1. The van der Waals surface area contributed by atoms with Crippen molar-refractivity contribution in [1.82, 2.24) is 5.32 Å². The van der Waals surface area contributed by atoms with Crippen LogP contribution < -0.4 is 10.2 Å². The Morgan fingerprint density at radius 3 is 2.53 bits per heavy atom. The number of hydrogen-bond donors (Lipinski definition) is 2. The Morgan fingerprint density at radius 1 is 0.944 bits per heavy atom. The van der Waals surface area contributed by atoms with Crippen molar-refractivity contribution in [3.8, 4) is 11.1 Å². The molecule has 1 heterocycles. The van der Waals surface area contributed by atoms with Gasteiger partial charge in [-0.25, -0.2) is 4.79 Å². The first-order chi connectivity index (χ1) is 17.6. The van der Waals surface area contributed by atoms with Crippen LogP contribution in [0.1, 0.15) is 51.1 Å². The van der Waals surface area contributed by atoms with E-state index in [-0.39, 0.29) is 11.5 Å². The number of carboxylic acids is 1. The molecule has 1 aliphatic carbocycles. The predicted molar refractivity (Wildman–Crippen MR) is 143 cm³/mol. The normalized spacial score (nSPS) is 14.7. The molecule has 0 saturated carbocycles. The molecular formula is C31H30N2O3. The van der Waals surface area contributed by atoms with Gasteiger partial charge in [-0.3, -0.25) is 4.79 Å². The van der Waals surface area contributed by atoms with Crippen molar-refractivity contribution in [2.45, 2.75) is 32.2 Å². The van der Waals surface area contributed by atoms with Crippen LogP contribution in [0.2, 0.25) is 0 Å². The number of carbonyl (C=O) groups excluding carboxylic acids is 1. The van der Waals surface area contributed by atoms with Crippen molar-refractivity contribution in [1.29, 1.82) is 0 Å². The average Bonchev–Trinajstić information content (AvgIpc) is 2.92. The molecule has 0 atom stereocenters. The smallest absolute Gasteiger partial charge is 0.335 e. The first kappa shape index (κ1) is 23.6. The van der Waals surface area contributed by atoms with Crippen molar-refractivity contribution in [2.24, 2.45) is 0 Å². The molecule has 5 rings (SSSR count). The number of hydrogen-bond acceptors (Lipinski definition) is 3. The molecule has 5 heteroatoms. The SMILES string of the molecule is O=C(O)c1ccc(-c2ccccc2CN2CCCc3cc(C(=O)NCC4=CCCC=C4)ccc32)cc1. The minimum absolute atomic E-state index is 0.0371. The van der Waals surface area contributed by atoms with Crippen LogP contribution in [0.25, 0.3) is 11.1 Å². The minimum Gasteiger partial charge on any atom is -0.478 e. The second-order valence-corrected chi connectivity index (χ2v) is 9.35. The molecule has 1 aliphatic heterocycles. The second-order valence-electron chi connectivity index (χ2n) is 9.35. The number of nitrogens with zero attached hydrogens (tertiary/aromatic N) is 1. The molecule has 36 heavy (non-hydrogen) atoms. The van der Waals surface area contributed by atoms with E-state index >= 15 is 0 Å². The third kappa shape index (κ3) is 5.25. The lowest BCUT2D eigenvalue weighted by Crippen LogP contribution is -2.30. The quantitative estimate of drug-likeness (QED) is 0.436. The van der Waals surface area contributed by atoms with Gasteiger partial charge in [-0.05, 0) is 83.8 Å². The van der Waals surface area contributed by atoms with E-state index < -0.39 is 5.97 Å². The monoisotopic (exact) mass is 478 g/mol. The summed E-state index contributed by atoms with van der Waals surface area (Å²) >= 11 is 0. The van der Waals surface area contributed by atoms with Crippen LogP contribution >= 0.6 is 0 Å². The van der Waals surface area contributed by atoms with Gasteiger partial charge in [-0.1, -0.05) is 54.6 Å². The van der Waals surface area contributed by atoms with Crippen LogP contribution in [-0.4, -0.2) is 30.1 Å². The summed E-state index contributed by atoms with van der Waals surface area (Å²) in [6.07, 6.45) is 10.5. The summed E-state index contributed by atoms with van der Waals surface area (Å²) in [6.45, 7) is 2.25. The number of benzene rings is 3. The van der Waals surface area contributed by atoms with Gasteiger partial charge in [0.25, 0.3) is 5.91 Å². The molecule has 0 fully saturated rings. The average molecular weight is 479 g/mol. The Hall–Kier alpha value is -4.12. The number of carboxylic acid groups (broad SMARTS) is 1. The molecular weight excluding hydrogens is 448 g/mol. The lowest BCUT2D eigenvalue weighted by molar-refractivity contribution is 0.0696. The zero-order valence-electron chi connectivity index (χ0n) is 20.2. The van der Waals surface area contributed by atoms with Crippen LogP contribution in [0.5, 0.6) is 0 Å². The van der Waals surface area contributed by atoms with E-state index in [4.69, 9.17) is 0 Å². The van der Waals surface area contributed by atoms with E-state index in [2.05, 4.69) is 46.6 Å². The van der Waals surface area contributed by atoms with Crippen LogP contribution in [0.3, 0.4) is 0 Å². The fourth-order valence-corrected chi connectivity index (χ4v) is 5.00. The van der Waals surface area contributed by atoms with Crippen molar-refractivity contribution < 1.29 is 14.7 Å². The molecule has 2 N–H and O–H groups in total. The number of rotatable bonds is 7. The van der Waals surface area contributed by atoms with E-state index in [1.54, 1.807) is 12.1 Å². The maximum absolute atomic E-state index is 12.8. The van der Waals surface area contributed by atoms with E-state index in [1.165, 1.54) is 16.8 Å². The standard InChI is InChI=1S/C31H30N2O3/c34-30(32-20-22-7-2-1-3-8-22)26-16-17-29-25(19-26)10-6-18-33(29)21-27-9-4-5-11-28(27)23-12-14-24(15-13-23)31(35)36/h2,4-5,7-9,11-17,19H,1,3,6,10,18,20-21H2,(H,32,34)(H,35,36). The fourth-order valence-electron chi connectivity index (χ4n) is 5.00. The Balaban J connectivity index is 1.33. The number of nitrogens with one attached hydrogen (secondary N) is 1. The summed E-state index contributed by atoms with van der Waals surface area (Å²) in [5.74, 6) is -0.958. The Labute approximate surface area is 211 Å². The topological polar surface area (TPSA) is 69.6 Å². The highest BCUT2D eigenvalue weighted by molar-refractivity contribution is 5.95. The molecule has 0 saturated heterocycles. The fraction of sp³-hybridized carbons (Fsp3) is 0.226. The van der Waals surface area contributed by atoms with Crippen molar-refractivity contribution in [2.75, 3.05) is 18.0 Å². The van der Waals surface area contributed by atoms with Crippen molar-refractivity contribution >= 4 is 17.6 Å². The summed E-state index contributed by atoms with van der Waals surface area (Å²) in [4.78, 5) is 26.4. The summed E-state index contributed by atoms with van der Waals surface area (Å²) < 4.78 is 0. The summed E-state index contributed by atoms with van der Waals surface area (Å²) in [5, 5.41) is 12.3. The zero-order valence-corrected chi connectivity index (χ0v) is 20.2. The maximum atomic E-state index is 12.8. The van der Waals surface area contributed by atoms with Gasteiger partial charge in [0, 0.05) is 30.9 Å². The molecule has 0 spiro atoms. The van der Waals surface area contributed by atoms with Gasteiger partial charge in [-0.15, -0.1) is 0 Å². The maximum Gasteiger partial charge on any atom is 0.335 e. The summed E-state index contributed by atoms with van der Waals surface area (Å²) in [6, 6.07) is 21.4. The van der Waals surface area contributed by atoms with Gasteiger partial charge in [0.05, 0.1) is 5.56 Å². The molecule has 3 aromatic rings. The Morgan fingerprint density at radius 2 is 1.75 bits per heavy atom. The van der Waals surface area contributed by atoms with Gasteiger partial charge in [0.15, 0.2) is 0 Å². The molecule has 5 nitrogen and oxygen atoms in total. The van der Waals surface area contributed by atoms with Crippen molar-refractivity contribution in [3.63, 3.8) is 0 Å². The minimum atomic E-state index is -0.921. The van der Waals surface area contributed by atoms with Crippen LogP contribution in [0, 0.1) is 0 Å². The largest absolute Gasteiger partial charge is 0.478 e. The summed E-state index contributed by atoms with van der Waals surface area (Å²) in [7, 11) is 0. The highest BCUT2D eigenvalue weighted by Crippen LogP contribution is 2.32. The number of aromatic carboxylic acids is 1. The Bertz CT molecular complexity index is 1340. The summed E-state index contributed by atoms with van der Waals surface area (Å²) in [5.41, 5.74) is 7.81. The van der Waals surface area contributed by atoms with E-state index in [9.17, 15) is 14.7 Å². The van der Waals surface area contributed by atoms with Gasteiger partial charge in [-0.2, -0.15) is 0 Å². The number of amides is 1.